The number of esters is 1. The zero-order valence-corrected chi connectivity index (χ0v) is 14.2. The fourth-order valence-electron chi connectivity index (χ4n) is 2.75. The zero-order chi connectivity index (χ0) is 17.5. The van der Waals surface area contributed by atoms with E-state index in [9.17, 15) is 14.4 Å². The van der Waals surface area contributed by atoms with E-state index in [1.54, 1.807) is 30.0 Å². The van der Waals surface area contributed by atoms with Gasteiger partial charge in [-0.2, -0.15) is 0 Å². The monoisotopic (exact) mass is 332 g/mol. The number of carbonyl (C=O) groups is 3. The van der Waals surface area contributed by atoms with Crippen LogP contribution >= 0.6 is 0 Å². The van der Waals surface area contributed by atoms with Crippen molar-refractivity contribution in [3.8, 4) is 0 Å². The van der Waals surface area contributed by atoms with Crippen molar-refractivity contribution in [2.45, 2.75) is 45.6 Å². The fraction of sp³-hybridized carbons (Fsp3) is 0.500. The molecule has 1 aliphatic rings. The van der Waals surface area contributed by atoms with Gasteiger partial charge in [0.1, 0.15) is 0 Å². The summed E-state index contributed by atoms with van der Waals surface area (Å²) >= 11 is 0. The molecular formula is C18H24N2O4. The highest BCUT2D eigenvalue weighted by atomic mass is 16.5. The molecule has 1 aliphatic heterocycles. The molecule has 1 atom stereocenters. The predicted molar refractivity (Wildman–Crippen MR) is 90.7 cm³/mol. The number of benzene rings is 1. The summed E-state index contributed by atoms with van der Waals surface area (Å²) in [5.74, 6) is -0.939. The Bertz CT molecular complexity index is 607. The number of nitrogens with zero attached hydrogens (tertiary/aromatic N) is 1. The van der Waals surface area contributed by atoms with E-state index in [-0.39, 0.29) is 11.8 Å². The highest BCUT2D eigenvalue weighted by Crippen LogP contribution is 2.15. The summed E-state index contributed by atoms with van der Waals surface area (Å²) < 4.78 is 5.31. The lowest BCUT2D eigenvalue weighted by Crippen LogP contribution is -2.40. The maximum atomic E-state index is 12.4. The summed E-state index contributed by atoms with van der Waals surface area (Å²) in [5.41, 5.74) is 0.820. The van der Waals surface area contributed by atoms with Gasteiger partial charge in [0.2, 0.25) is 5.91 Å². The van der Waals surface area contributed by atoms with Gasteiger partial charge in [-0.05, 0) is 38.0 Å². The predicted octanol–water partition coefficient (Wildman–Crippen LogP) is 2.59. The Kier molecular flexibility index (Phi) is 6.35. The van der Waals surface area contributed by atoms with Crippen molar-refractivity contribution in [2.24, 2.45) is 0 Å². The first-order valence-corrected chi connectivity index (χ1v) is 8.35. The summed E-state index contributed by atoms with van der Waals surface area (Å²) in [4.78, 5) is 37.5. The number of nitrogens with one attached hydrogen (secondary N) is 1. The first-order valence-electron chi connectivity index (χ1n) is 8.35. The summed E-state index contributed by atoms with van der Waals surface area (Å²) in [6, 6.07) is 6.47. The van der Waals surface area contributed by atoms with Crippen molar-refractivity contribution in [3.63, 3.8) is 0 Å². The second kappa shape index (κ2) is 8.47. The van der Waals surface area contributed by atoms with Gasteiger partial charge in [-0.1, -0.05) is 18.9 Å². The molecule has 1 aromatic rings. The van der Waals surface area contributed by atoms with Gasteiger partial charge >= 0.3 is 5.97 Å². The van der Waals surface area contributed by atoms with Gasteiger partial charge < -0.3 is 15.0 Å². The number of ether oxygens (including phenoxy) is 1. The molecule has 24 heavy (non-hydrogen) atoms. The minimum atomic E-state index is -0.819. The molecule has 130 valence electrons. The van der Waals surface area contributed by atoms with Crippen molar-refractivity contribution >= 4 is 23.5 Å². The molecular weight excluding hydrogens is 308 g/mol. The van der Waals surface area contributed by atoms with Gasteiger partial charge in [0.25, 0.3) is 5.91 Å². The topological polar surface area (TPSA) is 75.7 Å². The molecule has 1 aromatic carbocycles. The van der Waals surface area contributed by atoms with Crippen LogP contribution in [-0.4, -0.2) is 41.9 Å². The Balaban J connectivity index is 1.97. The molecule has 0 aromatic heterocycles. The quantitative estimate of drug-likeness (QED) is 0.860. The Morgan fingerprint density at radius 1 is 1.12 bits per heavy atom. The van der Waals surface area contributed by atoms with Gasteiger partial charge in [-0.15, -0.1) is 0 Å². The Hall–Kier alpha value is -2.37. The zero-order valence-electron chi connectivity index (χ0n) is 14.2. The third-order valence-corrected chi connectivity index (χ3v) is 3.97. The maximum absolute atomic E-state index is 12.4. The summed E-state index contributed by atoms with van der Waals surface area (Å²) in [7, 11) is 0. The molecule has 0 bridgehead atoms. The number of anilines is 1. The molecule has 1 saturated heterocycles. The summed E-state index contributed by atoms with van der Waals surface area (Å²) in [6.45, 7) is 4.44. The molecule has 0 spiro atoms. The highest BCUT2D eigenvalue weighted by molar-refractivity contribution is 5.95. The van der Waals surface area contributed by atoms with Gasteiger partial charge in [0, 0.05) is 25.7 Å². The second-order valence-corrected chi connectivity index (χ2v) is 6.05. The number of carbonyl (C=O) groups excluding carboxylic acids is 3. The van der Waals surface area contributed by atoms with E-state index >= 15 is 0 Å². The molecule has 6 nitrogen and oxygen atoms in total. The third-order valence-electron chi connectivity index (χ3n) is 3.97. The standard InChI is InChI=1S/C18H24N2O4/c1-13(17(22)20-10-5-3-4-6-11-20)24-18(23)15-8-7-9-16(12-15)19-14(2)21/h7-9,12-13H,3-6,10-11H2,1-2H3,(H,19,21). The van der Waals surface area contributed by atoms with Crippen LogP contribution in [-0.2, 0) is 14.3 Å². The lowest BCUT2D eigenvalue weighted by molar-refractivity contribution is -0.139. The molecule has 1 N–H and O–H groups in total. The van der Waals surface area contributed by atoms with Crippen LogP contribution in [0.1, 0.15) is 49.9 Å². The van der Waals surface area contributed by atoms with Crippen LogP contribution in [0.25, 0.3) is 0 Å². The average Bonchev–Trinajstić information content (AvgIpc) is 2.82. The largest absolute Gasteiger partial charge is 0.449 e. The minimum Gasteiger partial charge on any atom is -0.449 e. The number of hydrogen-bond acceptors (Lipinski definition) is 4. The van der Waals surface area contributed by atoms with Gasteiger partial charge in [0.15, 0.2) is 6.10 Å². The summed E-state index contributed by atoms with van der Waals surface area (Å²) in [5, 5.41) is 2.61. The molecule has 0 aliphatic carbocycles. The van der Waals surface area contributed by atoms with E-state index in [0.717, 1.165) is 38.8 Å². The molecule has 2 amide bonds. The molecule has 1 fully saturated rings. The second-order valence-electron chi connectivity index (χ2n) is 6.05. The van der Waals surface area contributed by atoms with Crippen LogP contribution in [0.3, 0.4) is 0 Å². The van der Waals surface area contributed by atoms with Crippen LogP contribution in [0.4, 0.5) is 5.69 Å². The summed E-state index contributed by atoms with van der Waals surface area (Å²) in [6.07, 6.45) is 3.43. The molecule has 2 rings (SSSR count). The molecule has 0 saturated carbocycles. The molecule has 1 heterocycles. The van der Waals surface area contributed by atoms with Crippen molar-refractivity contribution in [1.29, 1.82) is 0 Å². The van der Waals surface area contributed by atoms with Gasteiger partial charge in [0.05, 0.1) is 5.56 Å². The van der Waals surface area contributed by atoms with Crippen molar-refractivity contribution < 1.29 is 19.1 Å². The number of hydrogen-bond donors (Lipinski definition) is 1. The van der Waals surface area contributed by atoms with Crippen LogP contribution in [0, 0.1) is 0 Å². The van der Waals surface area contributed by atoms with Gasteiger partial charge in [-0.3, -0.25) is 9.59 Å². The molecule has 0 radical (unpaired) electrons. The molecule has 6 heteroatoms. The lowest BCUT2D eigenvalue weighted by Gasteiger charge is -2.24. The SMILES string of the molecule is CC(=O)Nc1cccc(C(=O)OC(C)C(=O)N2CCCCCC2)c1. The van der Waals surface area contributed by atoms with Crippen LogP contribution in [0.15, 0.2) is 24.3 Å². The number of rotatable bonds is 4. The highest BCUT2D eigenvalue weighted by Gasteiger charge is 2.25. The first kappa shape index (κ1) is 18.0. The maximum Gasteiger partial charge on any atom is 0.338 e. The van der Waals surface area contributed by atoms with Crippen LogP contribution < -0.4 is 5.32 Å². The Morgan fingerprint density at radius 3 is 2.42 bits per heavy atom. The van der Waals surface area contributed by atoms with Crippen molar-refractivity contribution in [3.05, 3.63) is 29.8 Å². The van der Waals surface area contributed by atoms with Gasteiger partial charge in [-0.25, -0.2) is 4.79 Å². The smallest absolute Gasteiger partial charge is 0.338 e. The fourth-order valence-corrected chi connectivity index (χ4v) is 2.75. The van der Waals surface area contributed by atoms with E-state index in [0.29, 0.717) is 11.3 Å². The van der Waals surface area contributed by atoms with E-state index in [1.165, 1.54) is 13.0 Å². The molecule has 1 unspecified atom stereocenters. The van der Waals surface area contributed by atoms with Crippen molar-refractivity contribution in [2.75, 3.05) is 18.4 Å². The van der Waals surface area contributed by atoms with E-state index in [2.05, 4.69) is 5.32 Å². The van der Waals surface area contributed by atoms with E-state index in [1.807, 2.05) is 0 Å². The number of amides is 2. The van der Waals surface area contributed by atoms with Crippen LogP contribution in [0.2, 0.25) is 0 Å². The van der Waals surface area contributed by atoms with Crippen LogP contribution in [0.5, 0.6) is 0 Å². The third kappa shape index (κ3) is 5.08. The minimum absolute atomic E-state index is 0.150. The first-order chi connectivity index (χ1) is 11.5. The normalized spacial score (nSPS) is 16.0. The average molecular weight is 332 g/mol. The Morgan fingerprint density at radius 2 is 1.79 bits per heavy atom. The van der Waals surface area contributed by atoms with Crippen molar-refractivity contribution in [1.82, 2.24) is 4.90 Å². The Labute approximate surface area is 142 Å². The van der Waals surface area contributed by atoms with E-state index in [4.69, 9.17) is 4.74 Å². The lowest BCUT2D eigenvalue weighted by atomic mass is 10.2. The van der Waals surface area contributed by atoms with E-state index < -0.39 is 12.1 Å². The number of likely N-dealkylation sites (tertiary alicyclic amines) is 1.